The van der Waals surface area contributed by atoms with E-state index in [1.54, 1.807) is 25.1 Å². The van der Waals surface area contributed by atoms with Crippen LogP contribution in [0.25, 0.3) is 0 Å². The summed E-state index contributed by atoms with van der Waals surface area (Å²) in [4.78, 5) is 26.4. The predicted octanol–water partition coefficient (Wildman–Crippen LogP) is 2.95. The fourth-order valence-electron chi connectivity index (χ4n) is 3.79. The molecule has 21 heavy (non-hydrogen) atoms. The molecule has 3 rings (SSSR count). The number of nitrogens with zero attached hydrogens (tertiary/aromatic N) is 1. The highest BCUT2D eigenvalue weighted by Gasteiger charge is 2.45. The summed E-state index contributed by atoms with van der Waals surface area (Å²) in [6.07, 6.45) is 4.39. The highest BCUT2D eigenvalue weighted by Crippen LogP contribution is 2.48. The van der Waals surface area contributed by atoms with Crippen molar-refractivity contribution >= 4 is 17.5 Å². The molecule has 1 atom stereocenters. The summed E-state index contributed by atoms with van der Waals surface area (Å²) >= 11 is 0. The number of piperidine rings is 1. The highest BCUT2D eigenvalue weighted by molar-refractivity contribution is 6.17. The van der Waals surface area contributed by atoms with Gasteiger partial charge in [-0.25, -0.2) is 0 Å². The lowest BCUT2D eigenvalue weighted by atomic mass is 9.76. The van der Waals surface area contributed by atoms with E-state index in [2.05, 4.69) is 0 Å². The van der Waals surface area contributed by atoms with E-state index in [9.17, 15) is 14.7 Å². The minimum Gasteiger partial charge on any atom is -0.389 e. The molecular weight excluding hydrogens is 266 g/mol. The van der Waals surface area contributed by atoms with Gasteiger partial charge < -0.3 is 5.11 Å². The van der Waals surface area contributed by atoms with Crippen molar-refractivity contribution in [2.75, 3.05) is 4.90 Å². The normalized spacial score (nSPS) is 22.9. The molecule has 0 bridgehead atoms. The van der Waals surface area contributed by atoms with E-state index in [4.69, 9.17) is 0 Å². The Morgan fingerprint density at radius 2 is 1.67 bits per heavy atom. The first kappa shape index (κ1) is 14.3. The number of benzene rings is 1. The standard InChI is InChI=1S/C17H21NO3/c1-12(19)13-6-2-3-7-14(13)18-15(20)10-17(11-16(18)21)8-4-5-9-17/h2-3,6-7,12,19H,4-5,8-11H2,1H3. The van der Waals surface area contributed by atoms with Gasteiger partial charge in [-0.3, -0.25) is 14.5 Å². The highest BCUT2D eigenvalue weighted by atomic mass is 16.3. The zero-order valence-corrected chi connectivity index (χ0v) is 12.3. The molecule has 1 aromatic carbocycles. The fourth-order valence-corrected chi connectivity index (χ4v) is 3.79. The molecular formula is C17H21NO3. The molecule has 2 amide bonds. The number of hydrogen-bond acceptors (Lipinski definition) is 3. The second kappa shape index (κ2) is 5.26. The zero-order chi connectivity index (χ0) is 15.0. The second-order valence-corrected chi connectivity index (χ2v) is 6.42. The van der Waals surface area contributed by atoms with Crippen molar-refractivity contribution in [2.24, 2.45) is 5.41 Å². The lowest BCUT2D eigenvalue weighted by molar-refractivity contribution is -0.133. The second-order valence-electron chi connectivity index (χ2n) is 6.42. The van der Waals surface area contributed by atoms with Gasteiger partial charge in [0.05, 0.1) is 11.8 Å². The molecule has 4 nitrogen and oxygen atoms in total. The van der Waals surface area contributed by atoms with Crippen LogP contribution in [0.5, 0.6) is 0 Å². The molecule has 1 spiro atoms. The number of hydrogen-bond donors (Lipinski definition) is 1. The number of amides is 2. The van der Waals surface area contributed by atoms with Crippen molar-refractivity contribution in [1.29, 1.82) is 0 Å². The number of carbonyl (C=O) groups excluding carboxylic acids is 2. The summed E-state index contributed by atoms with van der Waals surface area (Å²) in [5, 5.41) is 9.86. The van der Waals surface area contributed by atoms with Gasteiger partial charge >= 0.3 is 0 Å². The number of anilines is 1. The Balaban J connectivity index is 1.93. The molecule has 2 aliphatic rings. The Kier molecular flexibility index (Phi) is 3.57. The molecule has 1 unspecified atom stereocenters. The molecule has 112 valence electrons. The van der Waals surface area contributed by atoms with Gasteiger partial charge in [0.2, 0.25) is 11.8 Å². The van der Waals surface area contributed by atoms with Crippen molar-refractivity contribution in [1.82, 2.24) is 0 Å². The molecule has 1 heterocycles. The maximum atomic E-state index is 12.6. The van der Waals surface area contributed by atoms with Crippen molar-refractivity contribution in [2.45, 2.75) is 51.6 Å². The van der Waals surface area contributed by atoms with E-state index >= 15 is 0 Å². The average molecular weight is 287 g/mol. The monoisotopic (exact) mass is 287 g/mol. The van der Waals surface area contributed by atoms with Gasteiger partial charge in [-0.2, -0.15) is 0 Å². The first-order valence-corrected chi connectivity index (χ1v) is 7.65. The molecule has 2 fully saturated rings. The molecule has 1 aliphatic carbocycles. The van der Waals surface area contributed by atoms with E-state index < -0.39 is 6.10 Å². The minimum atomic E-state index is -0.704. The van der Waals surface area contributed by atoms with Crippen molar-refractivity contribution < 1.29 is 14.7 Å². The van der Waals surface area contributed by atoms with Crippen LogP contribution < -0.4 is 4.90 Å². The number of carbonyl (C=O) groups is 2. The van der Waals surface area contributed by atoms with Crippen LogP contribution in [-0.4, -0.2) is 16.9 Å². The molecule has 4 heteroatoms. The van der Waals surface area contributed by atoms with Crippen LogP contribution in [0.4, 0.5) is 5.69 Å². The summed E-state index contributed by atoms with van der Waals surface area (Å²) in [5.74, 6) is -0.248. The predicted molar refractivity (Wildman–Crippen MR) is 79.7 cm³/mol. The summed E-state index contributed by atoms with van der Waals surface area (Å²) in [6, 6.07) is 7.11. The molecule has 1 aromatic rings. The maximum Gasteiger partial charge on any atom is 0.234 e. The smallest absolute Gasteiger partial charge is 0.234 e. The lowest BCUT2D eigenvalue weighted by Gasteiger charge is -2.38. The number of aliphatic hydroxyl groups excluding tert-OH is 1. The Morgan fingerprint density at radius 1 is 1.10 bits per heavy atom. The van der Waals surface area contributed by atoms with Gasteiger partial charge in [-0.1, -0.05) is 31.0 Å². The van der Waals surface area contributed by atoms with Gasteiger partial charge in [-0.15, -0.1) is 0 Å². The number of rotatable bonds is 2. The molecule has 1 saturated heterocycles. The average Bonchev–Trinajstić information content (AvgIpc) is 2.86. The maximum absolute atomic E-state index is 12.6. The van der Waals surface area contributed by atoms with E-state index in [1.807, 2.05) is 6.07 Å². The Hall–Kier alpha value is -1.68. The zero-order valence-electron chi connectivity index (χ0n) is 12.3. The Labute approximate surface area is 124 Å². The van der Waals surface area contributed by atoms with Crippen LogP contribution in [0.2, 0.25) is 0 Å². The van der Waals surface area contributed by atoms with E-state index in [-0.39, 0.29) is 17.2 Å². The van der Waals surface area contributed by atoms with E-state index in [0.29, 0.717) is 24.1 Å². The Bertz CT molecular complexity index is 553. The summed E-state index contributed by atoms with van der Waals surface area (Å²) in [6.45, 7) is 1.65. The minimum absolute atomic E-state index is 0.0928. The molecule has 1 aliphatic heterocycles. The van der Waals surface area contributed by atoms with Crippen LogP contribution in [0.1, 0.15) is 57.1 Å². The first-order chi connectivity index (χ1) is 10.0. The van der Waals surface area contributed by atoms with Crippen molar-refractivity contribution in [3.05, 3.63) is 29.8 Å². The number of imide groups is 1. The lowest BCUT2D eigenvalue weighted by Crippen LogP contribution is -2.47. The SMILES string of the molecule is CC(O)c1ccccc1N1C(=O)CC2(CCCC2)CC1=O. The molecule has 0 aromatic heterocycles. The fraction of sp³-hybridized carbons (Fsp3) is 0.529. The topological polar surface area (TPSA) is 57.6 Å². The van der Waals surface area contributed by atoms with E-state index in [1.165, 1.54) is 4.90 Å². The Morgan fingerprint density at radius 3 is 2.24 bits per heavy atom. The molecule has 1 N–H and O–H groups in total. The van der Waals surface area contributed by atoms with Gasteiger partial charge in [0.15, 0.2) is 0 Å². The van der Waals surface area contributed by atoms with Crippen LogP contribution >= 0.6 is 0 Å². The van der Waals surface area contributed by atoms with Crippen LogP contribution in [0.3, 0.4) is 0 Å². The number of aliphatic hydroxyl groups is 1. The largest absolute Gasteiger partial charge is 0.389 e. The quantitative estimate of drug-likeness (QED) is 0.851. The first-order valence-electron chi connectivity index (χ1n) is 7.65. The van der Waals surface area contributed by atoms with Crippen LogP contribution in [0.15, 0.2) is 24.3 Å². The van der Waals surface area contributed by atoms with Crippen LogP contribution in [-0.2, 0) is 9.59 Å². The third kappa shape index (κ3) is 2.48. The van der Waals surface area contributed by atoms with Crippen molar-refractivity contribution in [3.63, 3.8) is 0 Å². The van der Waals surface area contributed by atoms with Gasteiger partial charge in [0.25, 0.3) is 0 Å². The van der Waals surface area contributed by atoms with Gasteiger partial charge in [0, 0.05) is 18.4 Å². The third-order valence-corrected chi connectivity index (χ3v) is 4.84. The summed E-state index contributed by atoms with van der Waals surface area (Å²) in [7, 11) is 0. The van der Waals surface area contributed by atoms with E-state index in [0.717, 1.165) is 25.7 Å². The summed E-state index contributed by atoms with van der Waals surface area (Å²) in [5.41, 5.74) is 1.07. The van der Waals surface area contributed by atoms with Crippen LogP contribution in [0, 0.1) is 5.41 Å². The molecule has 1 saturated carbocycles. The molecule has 0 radical (unpaired) electrons. The van der Waals surface area contributed by atoms with Gasteiger partial charge in [-0.05, 0) is 31.2 Å². The van der Waals surface area contributed by atoms with Crippen molar-refractivity contribution in [3.8, 4) is 0 Å². The summed E-state index contributed by atoms with van der Waals surface area (Å²) < 4.78 is 0. The third-order valence-electron chi connectivity index (χ3n) is 4.84. The number of para-hydroxylation sites is 1. The van der Waals surface area contributed by atoms with Gasteiger partial charge in [0.1, 0.15) is 0 Å².